The van der Waals surface area contributed by atoms with Gasteiger partial charge in [0.2, 0.25) is 0 Å². The molecule has 1 aliphatic heterocycles. The van der Waals surface area contributed by atoms with Crippen LogP contribution in [-0.4, -0.2) is 69.3 Å². The Kier molecular flexibility index (Phi) is 6.30. The Morgan fingerprint density at radius 3 is 2.80 bits per heavy atom. The van der Waals surface area contributed by atoms with Crippen LogP contribution in [0.25, 0.3) is 0 Å². The van der Waals surface area contributed by atoms with Crippen LogP contribution in [0.1, 0.15) is 5.56 Å². The van der Waals surface area contributed by atoms with E-state index >= 15 is 0 Å². The van der Waals surface area contributed by atoms with E-state index in [2.05, 4.69) is 41.2 Å². The van der Waals surface area contributed by atoms with Gasteiger partial charge in [0.15, 0.2) is 0 Å². The first-order valence-corrected chi connectivity index (χ1v) is 7.55. The Morgan fingerprint density at radius 2 is 2.05 bits per heavy atom. The molecule has 0 unspecified atom stereocenters. The van der Waals surface area contributed by atoms with Gasteiger partial charge in [-0.05, 0) is 31.7 Å². The van der Waals surface area contributed by atoms with Crippen molar-refractivity contribution in [1.82, 2.24) is 15.1 Å². The van der Waals surface area contributed by atoms with Crippen molar-refractivity contribution < 1.29 is 4.74 Å². The molecule has 0 amide bonds. The molecule has 0 aromatic heterocycles. The van der Waals surface area contributed by atoms with Crippen LogP contribution in [0.2, 0.25) is 0 Å². The Labute approximate surface area is 122 Å². The first kappa shape index (κ1) is 15.3. The molecule has 0 aliphatic carbocycles. The van der Waals surface area contributed by atoms with Crippen molar-refractivity contribution in [2.75, 3.05) is 59.5 Å². The lowest BCUT2D eigenvalue weighted by Crippen LogP contribution is -2.46. The summed E-state index contributed by atoms with van der Waals surface area (Å²) in [4.78, 5) is 4.87. The number of hydrogen-bond acceptors (Lipinski definition) is 4. The van der Waals surface area contributed by atoms with Crippen molar-refractivity contribution in [1.29, 1.82) is 0 Å². The number of nitrogens with zero attached hydrogens (tertiary/aromatic N) is 2. The van der Waals surface area contributed by atoms with E-state index in [-0.39, 0.29) is 0 Å². The van der Waals surface area contributed by atoms with E-state index in [1.807, 2.05) is 12.1 Å². The molecule has 1 saturated heterocycles. The summed E-state index contributed by atoms with van der Waals surface area (Å²) in [5, 5.41) is 3.38. The quantitative estimate of drug-likeness (QED) is 0.811. The van der Waals surface area contributed by atoms with Crippen LogP contribution in [0.5, 0.6) is 5.75 Å². The molecule has 4 nitrogen and oxygen atoms in total. The molecule has 1 fully saturated rings. The van der Waals surface area contributed by atoms with Gasteiger partial charge in [-0.15, -0.1) is 0 Å². The summed E-state index contributed by atoms with van der Waals surface area (Å²) < 4.78 is 5.78. The van der Waals surface area contributed by atoms with Crippen molar-refractivity contribution in [2.24, 2.45) is 0 Å². The van der Waals surface area contributed by atoms with Gasteiger partial charge in [0.25, 0.3) is 0 Å². The zero-order chi connectivity index (χ0) is 14.2. The number of rotatable bonds is 7. The molecule has 20 heavy (non-hydrogen) atoms. The molecule has 0 radical (unpaired) electrons. The highest BCUT2D eigenvalue weighted by molar-refractivity contribution is 5.27. The first-order valence-electron chi connectivity index (χ1n) is 7.55. The van der Waals surface area contributed by atoms with E-state index in [0.717, 1.165) is 45.1 Å². The summed E-state index contributed by atoms with van der Waals surface area (Å²) in [6, 6.07) is 8.24. The fourth-order valence-corrected chi connectivity index (χ4v) is 2.38. The normalized spacial score (nSPS) is 16.6. The minimum absolute atomic E-state index is 0.751. The van der Waals surface area contributed by atoms with Crippen molar-refractivity contribution in [3.05, 3.63) is 29.8 Å². The zero-order valence-corrected chi connectivity index (χ0v) is 12.8. The van der Waals surface area contributed by atoms with Crippen molar-refractivity contribution in [3.8, 4) is 5.75 Å². The molecule has 2 rings (SSSR count). The predicted molar refractivity (Wildman–Crippen MR) is 83.5 cm³/mol. The molecule has 0 spiro atoms. The standard InChI is InChI=1S/C16H27N3O/c1-15-4-3-5-16(14-15)20-13-12-18(2)10-11-19-8-6-17-7-9-19/h3-5,14,17H,6-13H2,1-2H3. The van der Waals surface area contributed by atoms with Gasteiger partial charge in [-0.3, -0.25) is 4.90 Å². The second-order valence-electron chi connectivity index (χ2n) is 5.56. The van der Waals surface area contributed by atoms with Gasteiger partial charge in [-0.2, -0.15) is 0 Å². The van der Waals surface area contributed by atoms with E-state index in [9.17, 15) is 0 Å². The number of hydrogen-bond donors (Lipinski definition) is 1. The third-order valence-corrected chi connectivity index (χ3v) is 3.74. The third-order valence-electron chi connectivity index (χ3n) is 3.74. The highest BCUT2D eigenvalue weighted by Gasteiger charge is 2.09. The minimum atomic E-state index is 0.751. The van der Waals surface area contributed by atoms with Crippen LogP contribution in [0.3, 0.4) is 0 Å². The molecule has 0 bridgehead atoms. The second-order valence-corrected chi connectivity index (χ2v) is 5.56. The topological polar surface area (TPSA) is 27.7 Å². The van der Waals surface area contributed by atoms with E-state index in [1.165, 1.54) is 18.7 Å². The van der Waals surface area contributed by atoms with Crippen LogP contribution in [0.15, 0.2) is 24.3 Å². The number of likely N-dealkylation sites (N-methyl/N-ethyl adjacent to an activating group) is 1. The Morgan fingerprint density at radius 1 is 1.25 bits per heavy atom. The van der Waals surface area contributed by atoms with Crippen molar-refractivity contribution in [3.63, 3.8) is 0 Å². The Balaban J connectivity index is 1.58. The Hall–Kier alpha value is -1.10. The molecular formula is C16H27N3O. The molecule has 0 saturated carbocycles. The summed E-state index contributed by atoms with van der Waals surface area (Å²) >= 11 is 0. The molecule has 112 valence electrons. The lowest BCUT2D eigenvalue weighted by molar-refractivity contribution is 0.187. The highest BCUT2D eigenvalue weighted by atomic mass is 16.5. The van der Waals surface area contributed by atoms with E-state index < -0.39 is 0 Å². The van der Waals surface area contributed by atoms with Gasteiger partial charge in [0, 0.05) is 45.8 Å². The molecule has 1 aliphatic rings. The van der Waals surface area contributed by atoms with Gasteiger partial charge in [0.05, 0.1) is 0 Å². The van der Waals surface area contributed by atoms with Crippen molar-refractivity contribution in [2.45, 2.75) is 6.92 Å². The van der Waals surface area contributed by atoms with Gasteiger partial charge in [-0.1, -0.05) is 12.1 Å². The van der Waals surface area contributed by atoms with Crippen LogP contribution in [0.4, 0.5) is 0 Å². The maximum absolute atomic E-state index is 5.78. The number of benzene rings is 1. The number of aryl methyl sites for hydroxylation is 1. The smallest absolute Gasteiger partial charge is 0.119 e. The average molecular weight is 277 g/mol. The summed E-state index contributed by atoms with van der Waals surface area (Å²) in [6.07, 6.45) is 0. The van der Waals surface area contributed by atoms with Crippen LogP contribution < -0.4 is 10.1 Å². The lowest BCUT2D eigenvalue weighted by atomic mass is 10.2. The number of ether oxygens (including phenoxy) is 1. The SMILES string of the molecule is Cc1cccc(OCCN(C)CCN2CCNCC2)c1. The molecule has 1 aromatic carbocycles. The monoisotopic (exact) mass is 277 g/mol. The molecule has 4 heteroatoms. The van der Waals surface area contributed by atoms with Gasteiger partial charge in [0.1, 0.15) is 12.4 Å². The molecule has 1 aromatic rings. The maximum Gasteiger partial charge on any atom is 0.119 e. The number of nitrogens with one attached hydrogen (secondary N) is 1. The lowest BCUT2D eigenvalue weighted by Gasteiger charge is -2.29. The van der Waals surface area contributed by atoms with E-state index in [1.54, 1.807) is 0 Å². The predicted octanol–water partition coefficient (Wildman–Crippen LogP) is 1.21. The van der Waals surface area contributed by atoms with Crippen LogP contribution >= 0.6 is 0 Å². The number of piperazine rings is 1. The fraction of sp³-hybridized carbons (Fsp3) is 0.625. The molecular weight excluding hydrogens is 250 g/mol. The average Bonchev–Trinajstić information content (AvgIpc) is 2.46. The zero-order valence-electron chi connectivity index (χ0n) is 12.8. The molecule has 1 heterocycles. The fourth-order valence-electron chi connectivity index (χ4n) is 2.38. The van der Waals surface area contributed by atoms with Gasteiger partial charge >= 0.3 is 0 Å². The highest BCUT2D eigenvalue weighted by Crippen LogP contribution is 2.11. The summed E-state index contributed by atoms with van der Waals surface area (Å²) in [5.41, 5.74) is 1.24. The van der Waals surface area contributed by atoms with Crippen LogP contribution in [-0.2, 0) is 0 Å². The summed E-state index contributed by atoms with van der Waals surface area (Å²) in [6.45, 7) is 10.7. The first-order chi connectivity index (χ1) is 9.74. The third kappa shape index (κ3) is 5.49. The van der Waals surface area contributed by atoms with Crippen molar-refractivity contribution >= 4 is 0 Å². The summed E-state index contributed by atoms with van der Waals surface area (Å²) in [5.74, 6) is 0.973. The largest absolute Gasteiger partial charge is 0.492 e. The minimum Gasteiger partial charge on any atom is -0.492 e. The van der Waals surface area contributed by atoms with E-state index in [4.69, 9.17) is 4.74 Å². The van der Waals surface area contributed by atoms with Gasteiger partial charge in [-0.25, -0.2) is 0 Å². The Bertz CT molecular complexity index is 391. The molecule has 0 atom stereocenters. The second kappa shape index (κ2) is 8.25. The van der Waals surface area contributed by atoms with Crippen LogP contribution in [0, 0.1) is 6.92 Å². The molecule has 1 N–H and O–H groups in total. The van der Waals surface area contributed by atoms with E-state index in [0.29, 0.717) is 0 Å². The maximum atomic E-state index is 5.78. The van der Waals surface area contributed by atoms with Gasteiger partial charge < -0.3 is 15.0 Å². The summed E-state index contributed by atoms with van der Waals surface area (Å²) in [7, 11) is 2.17.